The Labute approximate surface area is 229 Å². The molecule has 37 heavy (non-hydrogen) atoms. The van der Waals surface area contributed by atoms with Gasteiger partial charge in [0.2, 0.25) is 0 Å². The highest BCUT2D eigenvalue weighted by atomic mass is 79.9. The second-order valence-electron chi connectivity index (χ2n) is 11.7. The average Bonchev–Trinajstić information content (AvgIpc) is 3.13. The first-order valence-corrected chi connectivity index (χ1v) is 14.8. The van der Waals surface area contributed by atoms with E-state index in [0.717, 1.165) is 40.2 Å². The van der Waals surface area contributed by atoms with Gasteiger partial charge in [-0.15, -0.1) is 0 Å². The largest absolute Gasteiger partial charge is 0.393 e. The van der Waals surface area contributed by atoms with E-state index in [0.29, 0.717) is 17.9 Å². The number of aromatic nitrogens is 2. The molecule has 0 radical (unpaired) electrons. The van der Waals surface area contributed by atoms with E-state index in [1.54, 1.807) is 12.2 Å². The van der Waals surface area contributed by atoms with Crippen LogP contribution in [0.5, 0.6) is 0 Å². The van der Waals surface area contributed by atoms with Gasteiger partial charge in [-0.25, -0.2) is 9.97 Å². The molecule has 6 rings (SSSR count). The predicted molar refractivity (Wildman–Crippen MR) is 146 cm³/mol. The number of carbonyl (C=O) groups excluding carboxylic acids is 2. The fraction of sp³-hybridized carbons (Fsp3) is 0.517. The Balaban J connectivity index is 1.26. The number of aliphatic hydroxyl groups excluding tert-OH is 1. The van der Waals surface area contributed by atoms with E-state index in [-0.39, 0.29) is 40.5 Å². The molecule has 4 aliphatic rings. The van der Waals surface area contributed by atoms with Crippen LogP contribution in [-0.4, -0.2) is 49.2 Å². The zero-order valence-electron chi connectivity index (χ0n) is 21.0. The molecule has 0 aliphatic heterocycles. The molecule has 0 amide bonds. The number of hydrogen-bond acceptors (Lipinski definition) is 7. The molecule has 3 fully saturated rings. The Morgan fingerprint density at radius 1 is 1.24 bits per heavy atom. The van der Waals surface area contributed by atoms with Crippen LogP contribution < -0.4 is 0 Å². The van der Waals surface area contributed by atoms with Gasteiger partial charge in [-0.1, -0.05) is 53.2 Å². The molecule has 0 spiro atoms. The second-order valence-corrected chi connectivity index (χ2v) is 13.5. The van der Waals surface area contributed by atoms with Gasteiger partial charge in [-0.3, -0.25) is 9.59 Å². The van der Waals surface area contributed by atoms with Crippen molar-refractivity contribution >= 4 is 50.2 Å². The number of thioether (sulfide) groups is 1. The third-order valence-corrected chi connectivity index (χ3v) is 11.5. The van der Waals surface area contributed by atoms with Gasteiger partial charge in [0.15, 0.2) is 11.6 Å². The molecular formula is C29H31BrN2O4S. The Morgan fingerprint density at radius 2 is 2.05 bits per heavy atom. The zero-order valence-corrected chi connectivity index (χ0v) is 23.4. The standard InChI is InChI=1S/C29H31BrN2O4S/c1-27-9-7-18(33)11-16(27)3-5-19-21-8-10-29(36,28(21,2)13-23(34)25(19)27)24(35)14-37-26-20-12-17(30)4-6-22(20)31-15-32-26/h4,6-7,9,11-12,15,19,21,23,25,34,36H,3,5,8,10,13-14H2,1-2H3/t19?,21?,23-,25?,27?,28?,29-/m0/s1. The monoisotopic (exact) mass is 582 g/mol. The lowest BCUT2D eigenvalue weighted by atomic mass is 9.46. The number of benzene rings is 1. The molecule has 7 atom stereocenters. The van der Waals surface area contributed by atoms with Gasteiger partial charge in [0.1, 0.15) is 17.0 Å². The van der Waals surface area contributed by atoms with Gasteiger partial charge in [-0.2, -0.15) is 0 Å². The lowest BCUT2D eigenvalue weighted by Gasteiger charge is -2.59. The number of hydrogen-bond donors (Lipinski definition) is 2. The lowest BCUT2D eigenvalue weighted by molar-refractivity contribution is -0.174. The fourth-order valence-electron chi connectivity index (χ4n) is 8.16. The van der Waals surface area contributed by atoms with Crippen molar-refractivity contribution in [3.63, 3.8) is 0 Å². The van der Waals surface area contributed by atoms with Crippen molar-refractivity contribution in [1.82, 2.24) is 9.97 Å². The molecule has 3 saturated carbocycles. The van der Waals surface area contributed by atoms with E-state index < -0.39 is 17.1 Å². The number of carbonyl (C=O) groups is 2. The number of fused-ring (bicyclic) bond motifs is 6. The summed E-state index contributed by atoms with van der Waals surface area (Å²) < 4.78 is 0.912. The fourth-order valence-corrected chi connectivity index (χ4v) is 9.47. The van der Waals surface area contributed by atoms with Crippen molar-refractivity contribution in [2.24, 2.45) is 28.6 Å². The number of Topliss-reactive ketones (excluding diaryl/α,β-unsaturated/α-hetero) is 1. The summed E-state index contributed by atoms with van der Waals surface area (Å²) in [6.07, 6.45) is 9.43. The zero-order chi connectivity index (χ0) is 26.2. The number of halogens is 1. The minimum Gasteiger partial charge on any atom is -0.393 e. The van der Waals surface area contributed by atoms with Crippen molar-refractivity contribution in [1.29, 1.82) is 0 Å². The van der Waals surface area contributed by atoms with E-state index >= 15 is 0 Å². The third-order valence-electron chi connectivity index (χ3n) is 10.0. The Morgan fingerprint density at radius 3 is 2.86 bits per heavy atom. The van der Waals surface area contributed by atoms with Gasteiger partial charge in [0.05, 0.1) is 17.4 Å². The number of ketones is 2. The molecule has 0 bridgehead atoms. The van der Waals surface area contributed by atoms with Crippen LogP contribution in [0.15, 0.2) is 57.8 Å². The number of rotatable bonds is 4. The number of nitrogens with zero attached hydrogens (tertiary/aromatic N) is 2. The van der Waals surface area contributed by atoms with Crippen molar-refractivity contribution in [3.05, 3.63) is 52.8 Å². The van der Waals surface area contributed by atoms with Crippen LogP contribution in [0, 0.1) is 28.6 Å². The van der Waals surface area contributed by atoms with Gasteiger partial charge < -0.3 is 10.2 Å². The van der Waals surface area contributed by atoms with Crippen LogP contribution in [-0.2, 0) is 9.59 Å². The summed E-state index contributed by atoms with van der Waals surface area (Å²) in [5, 5.41) is 25.1. The molecule has 6 nitrogen and oxygen atoms in total. The molecule has 4 aliphatic carbocycles. The second kappa shape index (κ2) is 8.83. The number of allylic oxidation sites excluding steroid dienone is 4. The van der Waals surface area contributed by atoms with E-state index in [1.165, 1.54) is 18.1 Å². The Hall–Kier alpha value is -1.87. The summed E-state index contributed by atoms with van der Waals surface area (Å²) in [6, 6.07) is 5.77. The van der Waals surface area contributed by atoms with Crippen LogP contribution in [0.2, 0.25) is 0 Å². The van der Waals surface area contributed by atoms with Crippen LogP contribution >= 0.6 is 27.7 Å². The predicted octanol–water partition coefficient (Wildman–Crippen LogP) is 5.06. The Bertz CT molecular complexity index is 1380. The molecule has 5 unspecified atom stereocenters. The highest BCUT2D eigenvalue weighted by Crippen LogP contribution is 2.67. The Kier molecular flexibility index (Phi) is 6.06. The molecule has 1 heterocycles. The van der Waals surface area contributed by atoms with E-state index in [2.05, 4.69) is 32.8 Å². The molecule has 2 aromatic rings. The molecule has 2 N–H and O–H groups in total. The maximum Gasteiger partial charge on any atom is 0.178 e. The summed E-state index contributed by atoms with van der Waals surface area (Å²) >= 11 is 4.83. The molecular weight excluding hydrogens is 552 g/mol. The van der Waals surface area contributed by atoms with E-state index in [1.807, 2.05) is 31.2 Å². The summed E-state index contributed by atoms with van der Waals surface area (Å²) in [5.74, 6) is 0.236. The van der Waals surface area contributed by atoms with Crippen molar-refractivity contribution in [2.45, 2.75) is 62.7 Å². The normalized spacial score (nSPS) is 38.6. The van der Waals surface area contributed by atoms with Crippen LogP contribution in [0.1, 0.15) is 46.0 Å². The van der Waals surface area contributed by atoms with Crippen molar-refractivity contribution < 1.29 is 19.8 Å². The topological polar surface area (TPSA) is 100 Å². The summed E-state index contributed by atoms with van der Waals surface area (Å²) in [7, 11) is 0. The molecule has 1 aromatic carbocycles. The highest BCUT2D eigenvalue weighted by molar-refractivity contribution is 9.10. The smallest absolute Gasteiger partial charge is 0.178 e. The average molecular weight is 584 g/mol. The summed E-state index contributed by atoms with van der Waals surface area (Å²) in [5.41, 5.74) is -0.642. The first-order chi connectivity index (χ1) is 17.6. The molecule has 0 saturated heterocycles. The number of aliphatic hydroxyl groups is 2. The first-order valence-electron chi connectivity index (χ1n) is 13.0. The van der Waals surface area contributed by atoms with Crippen molar-refractivity contribution in [2.75, 3.05) is 5.75 Å². The molecule has 1 aromatic heterocycles. The van der Waals surface area contributed by atoms with Gasteiger partial charge in [0, 0.05) is 26.6 Å². The summed E-state index contributed by atoms with van der Waals surface area (Å²) in [4.78, 5) is 34.5. The maximum atomic E-state index is 13.7. The molecule has 8 heteroatoms. The van der Waals surface area contributed by atoms with Crippen LogP contribution in [0.4, 0.5) is 0 Å². The third kappa shape index (κ3) is 3.73. The van der Waals surface area contributed by atoms with Gasteiger partial charge in [-0.05, 0) is 74.3 Å². The van der Waals surface area contributed by atoms with Gasteiger partial charge in [0.25, 0.3) is 0 Å². The lowest BCUT2D eigenvalue weighted by Crippen LogP contribution is -2.61. The van der Waals surface area contributed by atoms with E-state index in [9.17, 15) is 19.8 Å². The molecule has 194 valence electrons. The minimum atomic E-state index is -1.49. The summed E-state index contributed by atoms with van der Waals surface area (Å²) in [6.45, 7) is 4.15. The van der Waals surface area contributed by atoms with Crippen molar-refractivity contribution in [3.8, 4) is 0 Å². The van der Waals surface area contributed by atoms with Crippen LogP contribution in [0.3, 0.4) is 0 Å². The maximum absolute atomic E-state index is 13.7. The van der Waals surface area contributed by atoms with Crippen LogP contribution in [0.25, 0.3) is 10.9 Å². The highest BCUT2D eigenvalue weighted by Gasteiger charge is 2.67. The SMILES string of the molecule is CC12C=CC(=O)C=C1CCC1C2[C@@H](O)CC2(C)C1CC[C@]2(O)C(=O)CSc1ncnc2ccc(Br)cc12. The van der Waals surface area contributed by atoms with Gasteiger partial charge >= 0.3 is 0 Å². The minimum absolute atomic E-state index is 0.0169. The quantitative estimate of drug-likeness (QED) is 0.383. The van der Waals surface area contributed by atoms with E-state index in [4.69, 9.17) is 0 Å². The first kappa shape index (κ1) is 25.4.